The summed E-state index contributed by atoms with van der Waals surface area (Å²) in [6, 6.07) is 0. The molecule has 10 atom stereocenters. The molecule has 0 radical (unpaired) electrons. The molecule has 0 bridgehead atoms. The molecule has 9 heteroatoms. The summed E-state index contributed by atoms with van der Waals surface area (Å²) in [5.41, 5.74) is -0.639. The Hall–Kier alpha value is -1.52. The molecule has 1 aliphatic rings. The molecule has 0 amide bonds. The minimum Gasteiger partial charge on any atom is -0.457 e. The second kappa shape index (κ2) is 16.7. The molecule has 0 aromatic carbocycles. The topological polar surface area (TPSA) is 134 Å². The zero-order chi connectivity index (χ0) is 29.9. The van der Waals surface area contributed by atoms with Gasteiger partial charge in [0.25, 0.3) is 0 Å². The second-order valence-corrected chi connectivity index (χ2v) is 12.5. The summed E-state index contributed by atoms with van der Waals surface area (Å²) < 4.78 is 11.1. The number of carbonyl (C=O) groups excluding carboxylic acids is 2. The number of allylic oxidation sites excluding steroid dienone is 3. The lowest BCUT2D eigenvalue weighted by Gasteiger charge is -2.32. The molecule has 0 fully saturated rings. The highest BCUT2D eigenvalue weighted by Crippen LogP contribution is 2.28. The first-order chi connectivity index (χ1) is 18.1. The summed E-state index contributed by atoms with van der Waals surface area (Å²) in [5.74, 6) is -1.50. The Kier molecular flexibility index (Phi) is 15.2. The molecule has 0 saturated heterocycles. The van der Waals surface area contributed by atoms with Gasteiger partial charge in [-0.3, -0.25) is 9.59 Å². The maximum Gasteiger partial charge on any atom is 0.309 e. The second-order valence-electron chi connectivity index (χ2n) is 11.3. The van der Waals surface area contributed by atoms with Crippen LogP contribution in [0.2, 0.25) is 0 Å². The molecular weight excluding hydrogens is 568 g/mol. The number of hydrogen-bond acceptors (Lipinski definition) is 8. The number of carbonyl (C=O) groups is 2. The summed E-state index contributed by atoms with van der Waals surface area (Å²) in [6.07, 6.45) is 6.67. The zero-order valence-corrected chi connectivity index (χ0v) is 26.0. The van der Waals surface area contributed by atoms with Gasteiger partial charge in [0.1, 0.15) is 17.8 Å². The van der Waals surface area contributed by atoms with Gasteiger partial charge in [-0.05, 0) is 57.1 Å². The Bertz CT molecular complexity index is 867. The fourth-order valence-corrected chi connectivity index (χ4v) is 5.69. The molecule has 10 unspecified atom stereocenters. The van der Waals surface area contributed by atoms with Crippen LogP contribution in [0.5, 0.6) is 0 Å². The minimum atomic E-state index is -1.42. The van der Waals surface area contributed by atoms with Crippen LogP contribution < -0.4 is 0 Å². The first-order valence-electron chi connectivity index (χ1n) is 13.9. The highest BCUT2D eigenvalue weighted by molar-refractivity contribution is 9.09. The van der Waals surface area contributed by atoms with E-state index in [-0.39, 0.29) is 41.8 Å². The van der Waals surface area contributed by atoms with Crippen LogP contribution in [0.15, 0.2) is 36.0 Å². The van der Waals surface area contributed by atoms with E-state index in [4.69, 9.17) is 9.47 Å². The maximum absolute atomic E-state index is 12.6. The van der Waals surface area contributed by atoms with Gasteiger partial charge in [-0.15, -0.1) is 0 Å². The normalized spacial score (nSPS) is 31.4. The van der Waals surface area contributed by atoms with E-state index in [9.17, 15) is 30.0 Å². The molecule has 1 heterocycles. The number of rotatable bonds is 10. The van der Waals surface area contributed by atoms with E-state index in [2.05, 4.69) is 15.9 Å². The SMILES string of the molecule is CCC(O)C(C)C(O)C(Br)CC(C)C=CC=C(C)C1OC(=O)CC(O)CCC(C)(O)C(OC(C)=O)C=CC1C. The minimum absolute atomic E-state index is 0.122. The monoisotopic (exact) mass is 616 g/mol. The number of cyclic esters (lactones) is 1. The van der Waals surface area contributed by atoms with E-state index in [0.29, 0.717) is 12.8 Å². The third-order valence-electron chi connectivity index (χ3n) is 7.40. The van der Waals surface area contributed by atoms with Crippen molar-refractivity contribution in [2.24, 2.45) is 17.8 Å². The van der Waals surface area contributed by atoms with Crippen LogP contribution in [-0.4, -0.2) is 73.3 Å². The largest absolute Gasteiger partial charge is 0.457 e. The number of aliphatic hydroxyl groups is 4. The lowest BCUT2D eigenvalue weighted by molar-refractivity contribution is -0.157. The fourth-order valence-electron chi connectivity index (χ4n) is 4.62. The highest BCUT2D eigenvalue weighted by Gasteiger charge is 2.35. The van der Waals surface area contributed by atoms with Crippen LogP contribution in [0.3, 0.4) is 0 Å². The van der Waals surface area contributed by atoms with Crippen molar-refractivity contribution in [3.63, 3.8) is 0 Å². The fraction of sp³-hybridized carbons (Fsp3) is 0.733. The number of esters is 2. The average Bonchev–Trinajstić information content (AvgIpc) is 2.85. The molecular formula is C30H49BrO8. The molecule has 1 aliphatic heterocycles. The van der Waals surface area contributed by atoms with Crippen molar-refractivity contribution in [3.8, 4) is 0 Å². The van der Waals surface area contributed by atoms with Gasteiger partial charge in [-0.25, -0.2) is 0 Å². The molecule has 39 heavy (non-hydrogen) atoms. The Balaban J connectivity index is 3.07. The third kappa shape index (κ3) is 12.3. The summed E-state index contributed by atoms with van der Waals surface area (Å²) >= 11 is 3.57. The number of ether oxygens (including phenoxy) is 2. The predicted molar refractivity (Wildman–Crippen MR) is 155 cm³/mol. The lowest BCUT2D eigenvalue weighted by Crippen LogP contribution is -2.42. The molecule has 4 N–H and O–H groups in total. The molecule has 0 saturated carbocycles. The Morgan fingerprint density at radius 1 is 1.28 bits per heavy atom. The van der Waals surface area contributed by atoms with Crippen molar-refractivity contribution in [3.05, 3.63) is 36.0 Å². The van der Waals surface area contributed by atoms with Crippen molar-refractivity contribution < 1.29 is 39.5 Å². The summed E-state index contributed by atoms with van der Waals surface area (Å²) in [7, 11) is 0. The Labute approximate surface area is 242 Å². The van der Waals surface area contributed by atoms with Crippen LogP contribution in [0, 0.1) is 17.8 Å². The quantitative estimate of drug-likeness (QED) is 0.123. The zero-order valence-electron chi connectivity index (χ0n) is 24.4. The highest BCUT2D eigenvalue weighted by atomic mass is 79.9. The predicted octanol–water partition coefficient (Wildman–Crippen LogP) is 4.38. The van der Waals surface area contributed by atoms with Gasteiger partial charge < -0.3 is 29.9 Å². The third-order valence-corrected chi connectivity index (χ3v) is 8.31. The van der Waals surface area contributed by atoms with E-state index < -0.39 is 48.1 Å². The number of aliphatic hydroxyl groups excluding tert-OH is 3. The van der Waals surface area contributed by atoms with Crippen molar-refractivity contribution in [1.82, 2.24) is 0 Å². The first kappa shape index (κ1) is 35.5. The van der Waals surface area contributed by atoms with E-state index in [1.54, 1.807) is 19.1 Å². The summed E-state index contributed by atoms with van der Waals surface area (Å²) in [6.45, 7) is 12.3. The molecule has 0 aliphatic carbocycles. The van der Waals surface area contributed by atoms with Crippen LogP contribution >= 0.6 is 15.9 Å². The van der Waals surface area contributed by atoms with Crippen LogP contribution in [0.4, 0.5) is 0 Å². The van der Waals surface area contributed by atoms with Gasteiger partial charge in [0.2, 0.25) is 0 Å². The van der Waals surface area contributed by atoms with E-state index in [1.165, 1.54) is 6.92 Å². The van der Waals surface area contributed by atoms with Gasteiger partial charge in [0.15, 0.2) is 0 Å². The molecule has 0 aromatic heterocycles. The lowest BCUT2D eigenvalue weighted by atomic mass is 9.88. The summed E-state index contributed by atoms with van der Waals surface area (Å²) in [4.78, 5) is 24.1. The number of halogens is 1. The van der Waals surface area contributed by atoms with E-state index in [0.717, 1.165) is 5.57 Å². The Morgan fingerprint density at radius 2 is 1.92 bits per heavy atom. The molecule has 8 nitrogen and oxygen atoms in total. The van der Waals surface area contributed by atoms with Crippen molar-refractivity contribution >= 4 is 27.9 Å². The molecule has 0 spiro atoms. The van der Waals surface area contributed by atoms with Crippen LogP contribution in [0.1, 0.15) is 80.6 Å². The van der Waals surface area contributed by atoms with E-state index >= 15 is 0 Å². The van der Waals surface area contributed by atoms with E-state index in [1.807, 2.05) is 52.8 Å². The average molecular weight is 618 g/mol. The van der Waals surface area contributed by atoms with Gasteiger partial charge in [-0.2, -0.15) is 0 Å². The molecule has 1 rings (SSSR count). The van der Waals surface area contributed by atoms with Crippen LogP contribution in [-0.2, 0) is 19.1 Å². The standard InChI is InChI=1S/C30H49BrO8/c1-8-25(34)21(5)28(36)24(31)16-18(2)10-9-11-19(3)29-20(4)12-13-26(38-22(6)32)30(7,37)15-14-23(33)17-27(35)39-29/h9-13,18,20-21,23-26,28-29,33-34,36-37H,8,14-17H2,1-7H3. The van der Waals surface area contributed by atoms with Crippen LogP contribution in [0.25, 0.3) is 0 Å². The van der Waals surface area contributed by atoms with Gasteiger partial charge in [0.05, 0.1) is 24.7 Å². The van der Waals surface area contributed by atoms with Gasteiger partial charge >= 0.3 is 11.9 Å². The first-order valence-corrected chi connectivity index (χ1v) is 14.8. The number of hydrogen-bond donors (Lipinski definition) is 4. The van der Waals surface area contributed by atoms with Crippen molar-refractivity contribution in [1.29, 1.82) is 0 Å². The van der Waals surface area contributed by atoms with Crippen molar-refractivity contribution in [2.75, 3.05) is 0 Å². The number of alkyl halides is 1. The van der Waals surface area contributed by atoms with Gasteiger partial charge in [-0.1, -0.05) is 67.9 Å². The van der Waals surface area contributed by atoms with Crippen molar-refractivity contribution in [2.45, 2.75) is 122 Å². The smallest absolute Gasteiger partial charge is 0.309 e. The maximum atomic E-state index is 12.6. The molecule has 0 aromatic rings. The van der Waals surface area contributed by atoms with Gasteiger partial charge in [0, 0.05) is 23.6 Å². The summed E-state index contributed by atoms with van der Waals surface area (Å²) in [5, 5.41) is 41.9. The molecule has 224 valence electrons. The Morgan fingerprint density at radius 3 is 2.51 bits per heavy atom.